The molecule has 9 nitrogen and oxygen atoms in total. The Morgan fingerprint density at radius 3 is 2.23 bits per heavy atom. The highest BCUT2D eigenvalue weighted by molar-refractivity contribution is 5.85. The molecule has 3 saturated heterocycles. The quantitative estimate of drug-likeness (QED) is 0.586. The lowest BCUT2D eigenvalue weighted by Crippen LogP contribution is -2.59. The van der Waals surface area contributed by atoms with Crippen LogP contribution in [-0.2, 0) is 28.5 Å². The summed E-state index contributed by atoms with van der Waals surface area (Å²) < 4.78 is 29.6. The number of fused-ring (bicyclic) bond motifs is 3. The van der Waals surface area contributed by atoms with Crippen LogP contribution in [0.4, 0.5) is 5.69 Å². The van der Waals surface area contributed by atoms with Crippen molar-refractivity contribution in [1.82, 2.24) is 5.43 Å². The molecule has 1 aromatic rings. The summed E-state index contributed by atoms with van der Waals surface area (Å²) in [6.07, 6.45) is -1.68. The number of benzene rings is 1. The van der Waals surface area contributed by atoms with Gasteiger partial charge < -0.3 is 28.6 Å². The van der Waals surface area contributed by atoms with Crippen LogP contribution >= 0.6 is 0 Å². The highest BCUT2D eigenvalue weighted by atomic mass is 16.9. The van der Waals surface area contributed by atoms with Gasteiger partial charge in [-0.15, -0.1) is 0 Å². The van der Waals surface area contributed by atoms with Crippen LogP contribution in [0.5, 0.6) is 0 Å². The third-order valence-corrected chi connectivity index (χ3v) is 5.21. The fraction of sp³-hybridized carbons (Fsp3) is 0.619. The molecule has 0 radical (unpaired) electrons. The Hall–Kier alpha value is -2.04. The highest BCUT2D eigenvalue weighted by Gasteiger charge is 2.62. The lowest BCUT2D eigenvalue weighted by atomic mass is 9.98. The number of carbonyl (C=O) groups is 1. The molecule has 0 spiro atoms. The molecule has 1 aromatic carbocycles. The number of hydrogen-bond acceptors (Lipinski definition) is 8. The molecule has 4 rings (SSSR count). The zero-order valence-corrected chi connectivity index (χ0v) is 18.1. The molecular formula is C21H29N3O6. The Labute approximate surface area is 176 Å². The molecule has 3 heterocycles. The van der Waals surface area contributed by atoms with Crippen molar-refractivity contribution in [3.8, 4) is 0 Å². The number of carbonyl (C=O) groups excluding carboxylic acids is 1. The van der Waals surface area contributed by atoms with Crippen molar-refractivity contribution >= 4 is 17.8 Å². The fourth-order valence-corrected chi connectivity index (χ4v) is 3.92. The van der Waals surface area contributed by atoms with Gasteiger partial charge in [0.1, 0.15) is 18.3 Å². The summed E-state index contributed by atoms with van der Waals surface area (Å²) in [5, 5.41) is 4.07. The van der Waals surface area contributed by atoms with E-state index in [0.717, 1.165) is 11.3 Å². The van der Waals surface area contributed by atoms with Crippen LogP contribution in [0.1, 0.15) is 33.3 Å². The largest absolute Gasteiger partial charge is 0.378 e. The average molecular weight is 419 g/mol. The number of nitrogens with one attached hydrogen (secondary N) is 1. The summed E-state index contributed by atoms with van der Waals surface area (Å²) in [5.41, 5.74) is 4.48. The number of amides is 1. The molecule has 5 atom stereocenters. The number of anilines is 1. The SMILES string of the molecule is CN(C)c1ccc(/C=N\NC(=O)[C@@H]2O[C@H]3OC(C)(C)O[C@@H]3[C@H]3OC(C)(C)O[C@H]32)cc1. The van der Waals surface area contributed by atoms with Crippen LogP contribution in [-0.4, -0.2) is 68.5 Å². The van der Waals surface area contributed by atoms with E-state index < -0.39 is 48.2 Å². The van der Waals surface area contributed by atoms with Crippen LogP contribution < -0.4 is 10.3 Å². The molecule has 3 aliphatic rings. The third kappa shape index (κ3) is 4.21. The minimum absolute atomic E-state index is 0.431. The van der Waals surface area contributed by atoms with Gasteiger partial charge in [0.2, 0.25) is 0 Å². The summed E-state index contributed by atoms with van der Waals surface area (Å²) in [5.74, 6) is -2.13. The minimum atomic E-state index is -0.941. The van der Waals surface area contributed by atoms with Gasteiger partial charge in [-0.3, -0.25) is 4.79 Å². The third-order valence-electron chi connectivity index (χ3n) is 5.21. The van der Waals surface area contributed by atoms with E-state index >= 15 is 0 Å². The number of nitrogens with zero attached hydrogens (tertiary/aromatic N) is 2. The van der Waals surface area contributed by atoms with Crippen LogP contribution in [0.25, 0.3) is 0 Å². The van der Waals surface area contributed by atoms with Gasteiger partial charge in [-0.25, -0.2) is 5.43 Å². The smallest absolute Gasteiger partial charge is 0.272 e. The fourth-order valence-electron chi connectivity index (χ4n) is 3.92. The normalized spacial score (nSPS) is 33.9. The Morgan fingerprint density at radius 1 is 0.967 bits per heavy atom. The Balaban J connectivity index is 1.45. The first-order valence-electron chi connectivity index (χ1n) is 10.0. The van der Waals surface area contributed by atoms with Gasteiger partial charge in [0.05, 0.1) is 6.21 Å². The molecule has 0 aliphatic carbocycles. The lowest BCUT2D eigenvalue weighted by molar-refractivity contribution is -0.231. The summed E-state index contributed by atoms with van der Waals surface area (Å²) in [6.45, 7) is 7.19. The number of hydrazone groups is 1. The zero-order chi connectivity index (χ0) is 21.7. The van der Waals surface area contributed by atoms with Crippen molar-refractivity contribution in [3.05, 3.63) is 29.8 Å². The van der Waals surface area contributed by atoms with Crippen molar-refractivity contribution in [3.63, 3.8) is 0 Å². The van der Waals surface area contributed by atoms with Crippen LogP contribution in [0.3, 0.4) is 0 Å². The van der Waals surface area contributed by atoms with E-state index in [1.54, 1.807) is 33.9 Å². The van der Waals surface area contributed by atoms with E-state index in [4.69, 9.17) is 23.7 Å². The lowest BCUT2D eigenvalue weighted by Gasteiger charge is -2.36. The number of hydrogen-bond donors (Lipinski definition) is 1. The molecule has 1 N–H and O–H groups in total. The van der Waals surface area contributed by atoms with Gasteiger partial charge in [-0.2, -0.15) is 5.10 Å². The molecule has 164 valence electrons. The maximum absolute atomic E-state index is 12.8. The first-order chi connectivity index (χ1) is 14.0. The second-order valence-electron chi connectivity index (χ2n) is 8.81. The predicted molar refractivity (Wildman–Crippen MR) is 109 cm³/mol. The van der Waals surface area contributed by atoms with Crippen molar-refractivity contribution in [2.45, 2.75) is 70.0 Å². The average Bonchev–Trinajstić information content (AvgIpc) is 3.15. The standard InChI is InChI=1S/C21H29N3O6/c1-20(2)27-14-15(28-20)17-19(30-21(3,4)29-17)26-16(14)18(25)23-22-11-12-7-9-13(10-8-12)24(5)6/h7-11,14-17,19H,1-6H3,(H,23,25)/b22-11-/t14-,15+,16-,17-,19+/m1/s1. The topological polar surface area (TPSA) is 90.9 Å². The maximum atomic E-state index is 12.8. The minimum Gasteiger partial charge on any atom is -0.378 e. The van der Waals surface area contributed by atoms with Gasteiger partial charge in [-0.1, -0.05) is 12.1 Å². The molecule has 0 saturated carbocycles. The van der Waals surface area contributed by atoms with Crippen molar-refractivity contribution < 1.29 is 28.5 Å². The maximum Gasteiger partial charge on any atom is 0.272 e. The van der Waals surface area contributed by atoms with Crippen LogP contribution in [0.15, 0.2) is 29.4 Å². The molecule has 0 unspecified atom stereocenters. The first-order valence-corrected chi connectivity index (χ1v) is 10.0. The molecule has 0 bridgehead atoms. The Kier molecular flexibility index (Phi) is 5.36. The van der Waals surface area contributed by atoms with Gasteiger partial charge in [0, 0.05) is 19.8 Å². The highest BCUT2D eigenvalue weighted by Crippen LogP contribution is 2.44. The van der Waals surface area contributed by atoms with Crippen molar-refractivity contribution in [2.75, 3.05) is 19.0 Å². The second kappa shape index (κ2) is 7.58. The predicted octanol–water partition coefficient (Wildman–Crippen LogP) is 1.60. The summed E-state index contributed by atoms with van der Waals surface area (Å²) in [6, 6.07) is 7.79. The van der Waals surface area contributed by atoms with E-state index in [1.807, 2.05) is 43.3 Å². The van der Waals surface area contributed by atoms with Gasteiger partial charge in [0.15, 0.2) is 24.0 Å². The van der Waals surface area contributed by atoms with E-state index in [0.29, 0.717) is 0 Å². The molecular weight excluding hydrogens is 390 g/mol. The van der Waals surface area contributed by atoms with E-state index in [-0.39, 0.29) is 0 Å². The number of rotatable bonds is 4. The van der Waals surface area contributed by atoms with Crippen LogP contribution in [0.2, 0.25) is 0 Å². The Morgan fingerprint density at radius 2 is 1.57 bits per heavy atom. The molecule has 0 aromatic heterocycles. The van der Waals surface area contributed by atoms with Gasteiger partial charge in [-0.05, 0) is 45.4 Å². The summed E-state index contributed by atoms with van der Waals surface area (Å²) in [4.78, 5) is 14.9. The molecule has 9 heteroatoms. The van der Waals surface area contributed by atoms with E-state index in [2.05, 4.69) is 10.5 Å². The monoisotopic (exact) mass is 419 g/mol. The van der Waals surface area contributed by atoms with Crippen molar-refractivity contribution in [1.29, 1.82) is 0 Å². The molecule has 3 aliphatic heterocycles. The van der Waals surface area contributed by atoms with E-state index in [1.165, 1.54) is 0 Å². The number of ether oxygens (including phenoxy) is 5. The van der Waals surface area contributed by atoms with E-state index in [9.17, 15) is 4.79 Å². The Bertz CT molecular complexity index is 823. The van der Waals surface area contributed by atoms with Crippen LogP contribution in [0, 0.1) is 0 Å². The first kappa shape index (κ1) is 21.2. The second-order valence-corrected chi connectivity index (χ2v) is 8.81. The summed E-state index contributed by atoms with van der Waals surface area (Å²) in [7, 11) is 3.95. The zero-order valence-electron chi connectivity index (χ0n) is 18.1. The molecule has 30 heavy (non-hydrogen) atoms. The van der Waals surface area contributed by atoms with Gasteiger partial charge >= 0.3 is 0 Å². The molecule has 1 amide bonds. The van der Waals surface area contributed by atoms with Gasteiger partial charge in [0.25, 0.3) is 5.91 Å². The molecule has 3 fully saturated rings. The van der Waals surface area contributed by atoms with Crippen molar-refractivity contribution in [2.24, 2.45) is 5.10 Å². The summed E-state index contributed by atoms with van der Waals surface area (Å²) >= 11 is 0.